The van der Waals surface area contributed by atoms with Gasteiger partial charge in [0.1, 0.15) is 0 Å². The Kier molecular flexibility index (Phi) is 3.03. The standard InChI is InChI=1S/C10H6F6/c1-6(9(11,12)13)7-4-2-3-5-8(7)10(14,15)16/h2-5H,1H2. The van der Waals surface area contributed by atoms with Crippen molar-refractivity contribution < 1.29 is 26.3 Å². The smallest absolute Gasteiger partial charge is 0.166 e. The molecule has 0 saturated carbocycles. The zero-order chi connectivity index (χ0) is 12.6. The van der Waals surface area contributed by atoms with E-state index in [1.54, 1.807) is 0 Å². The Hall–Kier alpha value is -1.46. The predicted molar refractivity (Wildman–Crippen MR) is 46.5 cm³/mol. The van der Waals surface area contributed by atoms with Crippen molar-refractivity contribution in [2.45, 2.75) is 12.4 Å². The Morgan fingerprint density at radius 1 is 0.938 bits per heavy atom. The quantitative estimate of drug-likeness (QED) is 0.642. The molecule has 1 aromatic rings. The van der Waals surface area contributed by atoms with Crippen LogP contribution in [0.4, 0.5) is 26.3 Å². The van der Waals surface area contributed by atoms with Gasteiger partial charge in [0.2, 0.25) is 0 Å². The molecule has 88 valence electrons. The van der Waals surface area contributed by atoms with E-state index in [0.29, 0.717) is 6.07 Å². The second kappa shape index (κ2) is 3.84. The monoisotopic (exact) mass is 240 g/mol. The van der Waals surface area contributed by atoms with E-state index in [2.05, 4.69) is 6.58 Å². The highest BCUT2D eigenvalue weighted by Gasteiger charge is 2.39. The van der Waals surface area contributed by atoms with Gasteiger partial charge in [0.25, 0.3) is 0 Å². The lowest BCUT2D eigenvalue weighted by Gasteiger charge is -2.16. The molecule has 0 amide bonds. The highest BCUT2D eigenvalue weighted by Crippen LogP contribution is 2.39. The van der Waals surface area contributed by atoms with Crippen LogP contribution in [-0.4, -0.2) is 6.18 Å². The van der Waals surface area contributed by atoms with E-state index in [0.717, 1.165) is 18.2 Å². The van der Waals surface area contributed by atoms with Crippen LogP contribution in [0.5, 0.6) is 0 Å². The van der Waals surface area contributed by atoms with Crippen molar-refractivity contribution in [1.82, 2.24) is 0 Å². The molecule has 0 aliphatic carbocycles. The SMILES string of the molecule is C=C(c1ccccc1C(F)(F)F)C(F)(F)F. The molecule has 1 rings (SSSR count). The third-order valence-electron chi connectivity index (χ3n) is 1.90. The molecule has 0 aliphatic heterocycles. The molecule has 0 saturated heterocycles. The summed E-state index contributed by atoms with van der Waals surface area (Å²) < 4.78 is 73.9. The summed E-state index contributed by atoms with van der Waals surface area (Å²) in [7, 11) is 0. The third-order valence-corrected chi connectivity index (χ3v) is 1.90. The molecule has 0 fully saturated rings. The average Bonchev–Trinajstić information content (AvgIpc) is 2.14. The van der Waals surface area contributed by atoms with E-state index >= 15 is 0 Å². The van der Waals surface area contributed by atoms with Crippen molar-refractivity contribution in [2.24, 2.45) is 0 Å². The molecule has 0 bridgehead atoms. The highest BCUT2D eigenvalue weighted by molar-refractivity contribution is 5.70. The first kappa shape index (κ1) is 12.6. The number of allylic oxidation sites excluding steroid dienone is 1. The molecule has 0 aliphatic rings. The van der Waals surface area contributed by atoms with Gasteiger partial charge in [-0.2, -0.15) is 26.3 Å². The molecule has 16 heavy (non-hydrogen) atoms. The van der Waals surface area contributed by atoms with Gasteiger partial charge in [-0.3, -0.25) is 0 Å². The number of hydrogen-bond acceptors (Lipinski definition) is 0. The van der Waals surface area contributed by atoms with E-state index in [1.807, 2.05) is 0 Å². The van der Waals surface area contributed by atoms with Gasteiger partial charge in [0.05, 0.1) is 11.1 Å². The minimum absolute atomic E-state index is 0.590. The molecule has 0 aromatic heterocycles. The van der Waals surface area contributed by atoms with Gasteiger partial charge < -0.3 is 0 Å². The van der Waals surface area contributed by atoms with Gasteiger partial charge in [0.15, 0.2) is 0 Å². The molecule has 0 heterocycles. The van der Waals surface area contributed by atoms with Crippen molar-refractivity contribution >= 4 is 5.57 Å². The lowest BCUT2D eigenvalue weighted by Crippen LogP contribution is -2.15. The molecule has 0 N–H and O–H groups in total. The van der Waals surface area contributed by atoms with Crippen LogP contribution >= 0.6 is 0 Å². The fourth-order valence-electron chi connectivity index (χ4n) is 1.15. The molecule has 0 atom stereocenters. The van der Waals surface area contributed by atoms with Crippen molar-refractivity contribution in [3.8, 4) is 0 Å². The van der Waals surface area contributed by atoms with Crippen LogP contribution in [0.3, 0.4) is 0 Å². The zero-order valence-corrected chi connectivity index (χ0v) is 7.78. The Labute approximate surface area is 87.2 Å². The summed E-state index contributed by atoms with van der Waals surface area (Å²) in [6, 6.07) is 3.46. The lowest BCUT2D eigenvalue weighted by atomic mass is 10.0. The van der Waals surface area contributed by atoms with E-state index < -0.39 is 29.1 Å². The molecule has 6 heteroatoms. The minimum atomic E-state index is -4.87. The number of hydrogen-bond donors (Lipinski definition) is 0. The molecule has 1 aromatic carbocycles. The molecule has 0 unspecified atom stereocenters. The second-order valence-electron chi connectivity index (χ2n) is 3.02. The molecular formula is C10H6F6. The second-order valence-corrected chi connectivity index (χ2v) is 3.02. The minimum Gasteiger partial charge on any atom is -0.166 e. The molecular weight excluding hydrogens is 234 g/mol. The van der Waals surface area contributed by atoms with Crippen molar-refractivity contribution in [3.63, 3.8) is 0 Å². The average molecular weight is 240 g/mol. The maximum Gasteiger partial charge on any atom is 0.417 e. The topological polar surface area (TPSA) is 0 Å². The summed E-state index contributed by atoms with van der Waals surface area (Å²) in [5, 5.41) is 0. The van der Waals surface area contributed by atoms with Gasteiger partial charge in [-0.1, -0.05) is 24.8 Å². The number of halogens is 6. The van der Waals surface area contributed by atoms with Crippen molar-refractivity contribution in [1.29, 1.82) is 0 Å². The Bertz CT molecular complexity index is 399. The van der Waals surface area contributed by atoms with Crippen molar-refractivity contribution in [3.05, 3.63) is 42.0 Å². The Balaban J connectivity index is 3.31. The summed E-state index contributed by atoms with van der Waals surface area (Å²) in [5.41, 5.74) is -3.78. The van der Waals surface area contributed by atoms with Gasteiger partial charge in [-0.05, 0) is 11.6 Å². The first-order valence-electron chi connectivity index (χ1n) is 4.06. The molecule has 0 spiro atoms. The maximum absolute atomic E-state index is 12.4. The molecule has 0 radical (unpaired) electrons. The van der Waals surface area contributed by atoms with E-state index in [9.17, 15) is 26.3 Å². The Morgan fingerprint density at radius 2 is 1.44 bits per heavy atom. The number of rotatable bonds is 1. The third kappa shape index (κ3) is 2.56. The van der Waals surface area contributed by atoms with Crippen LogP contribution in [0, 0.1) is 0 Å². The van der Waals surface area contributed by atoms with Gasteiger partial charge in [-0.15, -0.1) is 0 Å². The van der Waals surface area contributed by atoms with E-state index in [1.165, 1.54) is 0 Å². The first-order valence-corrected chi connectivity index (χ1v) is 4.06. The fourth-order valence-corrected chi connectivity index (χ4v) is 1.15. The summed E-state index contributed by atoms with van der Waals surface area (Å²) >= 11 is 0. The summed E-state index contributed by atoms with van der Waals surface area (Å²) in [6.07, 6.45) is -9.70. The summed E-state index contributed by atoms with van der Waals surface area (Å²) in [5.74, 6) is 0. The number of benzene rings is 1. The predicted octanol–water partition coefficient (Wildman–Crippen LogP) is 4.28. The summed E-state index contributed by atoms with van der Waals surface area (Å²) in [4.78, 5) is 0. The number of alkyl halides is 6. The van der Waals surface area contributed by atoms with Crippen LogP contribution in [0.25, 0.3) is 5.57 Å². The largest absolute Gasteiger partial charge is 0.417 e. The Morgan fingerprint density at radius 3 is 1.88 bits per heavy atom. The van der Waals surface area contributed by atoms with Gasteiger partial charge in [-0.25, -0.2) is 0 Å². The van der Waals surface area contributed by atoms with E-state index in [-0.39, 0.29) is 0 Å². The van der Waals surface area contributed by atoms with E-state index in [4.69, 9.17) is 0 Å². The zero-order valence-electron chi connectivity index (χ0n) is 7.78. The summed E-state index contributed by atoms with van der Waals surface area (Å²) in [6.45, 7) is 2.65. The normalized spacial score (nSPS) is 12.6. The van der Waals surface area contributed by atoms with Crippen LogP contribution < -0.4 is 0 Å². The van der Waals surface area contributed by atoms with Crippen molar-refractivity contribution in [2.75, 3.05) is 0 Å². The van der Waals surface area contributed by atoms with Crippen LogP contribution in [0.2, 0.25) is 0 Å². The van der Waals surface area contributed by atoms with Gasteiger partial charge >= 0.3 is 12.4 Å². The highest BCUT2D eigenvalue weighted by atomic mass is 19.4. The lowest BCUT2D eigenvalue weighted by molar-refractivity contribution is -0.138. The maximum atomic E-state index is 12.4. The molecule has 0 nitrogen and oxygen atoms in total. The van der Waals surface area contributed by atoms with Crippen LogP contribution in [0.15, 0.2) is 30.8 Å². The fraction of sp³-hybridized carbons (Fsp3) is 0.200. The van der Waals surface area contributed by atoms with Gasteiger partial charge in [0, 0.05) is 0 Å². The van der Waals surface area contributed by atoms with Crippen LogP contribution in [-0.2, 0) is 6.18 Å². The van der Waals surface area contributed by atoms with Crippen LogP contribution in [0.1, 0.15) is 11.1 Å². The first-order chi connectivity index (χ1) is 7.14.